The first kappa shape index (κ1) is 30.4. The van der Waals surface area contributed by atoms with Gasteiger partial charge in [0.1, 0.15) is 11.6 Å². The summed E-state index contributed by atoms with van der Waals surface area (Å²) in [7, 11) is 0. The monoisotopic (exact) mass is 542 g/mol. The number of hydrogen-bond donors (Lipinski definition) is 0. The van der Waals surface area contributed by atoms with E-state index < -0.39 is 0 Å². The first-order valence-electron chi connectivity index (χ1n) is 16.1. The molecule has 1 fully saturated rings. The second kappa shape index (κ2) is 14.3. The molecule has 0 N–H and O–H groups in total. The lowest BCUT2D eigenvalue weighted by atomic mass is 9.79. The van der Waals surface area contributed by atoms with Crippen LogP contribution in [0.4, 0.5) is 4.39 Å². The van der Waals surface area contributed by atoms with Gasteiger partial charge in [0.15, 0.2) is 0 Å². The standard InChI is InChI=1S/C38H51FO/c1-7-27(8-2)22-23-40-38-28(9-3)24-36(33(10-4)34(38)11-5)31-18-16-30(17-19-31)35-21-20-32(25-37(35)39)29-14-12-26(6)13-15-29/h16-21,24-27,29H,7-15,22-23H2,1-6H3. The van der Waals surface area contributed by atoms with Gasteiger partial charge in [0.05, 0.1) is 6.61 Å². The number of benzene rings is 3. The topological polar surface area (TPSA) is 9.23 Å². The molecule has 0 unspecified atom stereocenters. The largest absolute Gasteiger partial charge is 0.493 e. The summed E-state index contributed by atoms with van der Waals surface area (Å²) in [5.74, 6) is 3.05. The lowest BCUT2D eigenvalue weighted by Crippen LogP contribution is -2.11. The van der Waals surface area contributed by atoms with E-state index in [-0.39, 0.29) is 5.82 Å². The normalized spacial score (nSPS) is 17.4. The van der Waals surface area contributed by atoms with Gasteiger partial charge in [-0.05, 0) is 107 Å². The number of aryl methyl sites for hydroxylation is 1. The molecule has 0 radical (unpaired) electrons. The molecule has 2 heteroatoms. The molecule has 0 saturated heterocycles. The van der Waals surface area contributed by atoms with Gasteiger partial charge in [-0.3, -0.25) is 0 Å². The van der Waals surface area contributed by atoms with Crippen molar-refractivity contribution in [3.8, 4) is 28.0 Å². The summed E-state index contributed by atoms with van der Waals surface area (Å²) < 4.78 is 21.9. The van der Waals surface area contributed by atoms with E-state index in [1.165, 1.54) is 71.9 Å². The Bertz CT molecular complexity index is 1230. The molecule has 0 amide bonds. The molecule has 3 aromatic rings. The number of hydrogen-bond acceptors (Lipinski definition) is 1. The maximum Gasteiger partial charge on any atom is 0.131 e. The molecule has 1 aliphatic rings. The first-order chi connectivity index (χ1) is 19.4. The lowest BCUT2D eigenvalue weighted by molar-refractivity contribution is 0.267. The highest BCUT2D eigenvalue weighted by Gasteiger charge is 2.21. The van der Waals surface area contributed by atoms with E-state index in [2.05, 4.69) is 77.9 Å². The fourth-order valence-electron chi connectivity index (χ4n) is 6.76. The Hall–Kier alpha value is -2.61. The molecule has 0 spiro atoms. The summed E-state index contributed by atoms with van der Waals surface area (Å²) in [6.45, 7) is 14.4. The Kier molecular flexibility index (Phi) is 10.9. The average molecular weight is 543 g/mol. The Labute approximate surface area is 243 Å². The van der Waals surface area contributed by atoms with Crippen LogP contribution in [0, 0.1) is 17.7 Å². The van der Waals surface area contributed by atoms with Crippen molar-refractivity contribution in [1.29, 1.82) is 0 Å². The Morgan fingerprint density at radius 1 is 0.750 bits per heavy atom. The molecular formula is C38H51FO. The van der Waals surface area contributed by atoms with Crippen LogP contribution in [-0.2, 0) is 19.3 Å². The fourth-order valence-corrected chi connectivity index (χ4v) is 6.76. The van der Waals surface area contributed by atoms with Gasteiger partial charge in [0, 0.05) is 5.56 Å². The maximum atomic E-state index is 15.3. The highest BCUT2D eigenvalue weighted by Crippen LogP contribution is 2.39. The van der Waals surface area contributed by atoms with Gasteiger partial charge in [-0.25, -0.2) is 4.39 Å². The van der Waals surface area contributed by atoms with Crippen molar-refractivity contribution in [2.75, 3.05) is 6.61 Å². The zero-order valence-corrected chi connectivity index (χ0v) is 25.9. The van der Waals surface area contributed by atoms with Gasteiger partial charge in [0.25, 0.3) is 0 Å². The molecule has 1 nitrogen and oxygen atoms in total. The average Bonchev–Trinajstić information content (AvgIpc) is 2.99. The van der Waals surface area contributed by atoms with Gasteiger partial charge in [0.2, 0.25) is 0 Å². The molecule has 0 atom stereocenters. The SMILES string of the molecule is CCc1cc(-c2ccc(-c3ccc(C4CCC(C)CC4)cc3F)cc2)c(CC)c(CC)c1OCCC(CC)CC. The molecule has 4 rings (SSSR count). The van der Waals surface area contributed by atoms with Crippen LogP contribution in [0.1, 0.15) is 115 Å². The zero-order valence-electron chi connectivity index (χ0n) is 25.9. The highest BCUT2D eigenvalue weighted by atomic mass is 19.1. The molecule has 40 heavy (non-hydrogen) atoms. The number of halogens is 1. The van der Waals surface area contributed by atoms with E-state index in [0.717, 1.165) is 55.4 Å². The molecule has 0 heterocycles. The highest BCUT2D eigenvalue weighted by molar-refractivity contribution is 5.75. The third-order valence-corrected chi connectivity index (χ3v) is 9.58. The van der Waals surface area contributed by atoms with Crippen molar-refractivity contribution in [1.82, 2.24) is 0 Å². The van der Waals surface area contributed by atoms with Gasteiger partial charge < -0.3 is 4.74 Å². The van der Waals surface area contributed by atoms with E-state index in [0.29, 0.717) is 11.5 Å². The van der Waals surface area contributed by atoms with Crippen molar-refractivity contribution >= 4 is 0 Å². The number of rotatable bonds is 12. The predicted molar refractivity (Wildman–Crippen MR) is 170 cm³/mol. The third kappa shape index (κ3) is 6.81. The van der Waals surface area contributed by atoms with E-state index in [1.54, 1.807) is 6.07 Å². The first-order valence-corrected chi connectivity index (χ1v) is 16.1. The summed E-state index contributed by atoms with van der Waals surface area (Å²) in [5.41, 5.74) is 9.30. The molecule has 0 aromatic heterocycles. The lowest BCUT2D eigenvalue weighted by Gasteiger charge is -2.26. The number of ether oxygens (including phenoxy) is 1. The van der Waals surface area contributed by atoms with E-state index in [4.69, 9.17) is 4.74 Å². The van der Waals surface area contributed by atoms with Crippen molar-refractivity contribution < 1.29 is 9.13 Å². The summed E-state index contributed by atoms with van der Waals surface area (Å²) in [6.07, 6.45) is 11.3. The van der Waals surface area contributed by atoms with Crippen molar-refractivity contribution in [3.63, 3.8) is 0 Å². The molecule has 1 saturated carbocycles. The molecular weight excluding hydrogens is 491 g/mol. The maximum absolute atomic E-state index is 15.3. The van der Waals surface area contributed by atoms with Crippen molar-refractivity contribution in [2.24, 2.45) is 11.8 Å². The summed E-state index contributed by atoms with van der Waals surface area (Å²) in [4.78, 5) is 0. The fraction of sp³-hybridized carbons (Fsp3) is 0.526. The predicted octanol–water partition coefficient (Wildman–Crippen LogP) is 11.3. The summed E-state index contributed by atoms with van der Waals surface area (Å²) in [5, 5.41) is 0. The molecule has 0 bridgehead atoms. The Balaban J connectivity index is 1.60. The van der Waals surface area contributed by atoms with Crippen LogP contribution < -0.4 is 4.74 Å². The van der Waals surface area contributed by atoms with Crippen LogP contribution in [0.3, 0.4) is 0 Å². The van der Waals surface area contributed by atoms with Gasteiger partial charge in [-0.1, -0.05) is 104 Å². The van der Waals surface area contributed by atoms with Crippen LogP contribution in [0.15, 0.2) is 48.5 Å². The van der Waals surface area contributed by atoms with Crippen LogP contribution in [0.5, 0.6) is 5.75 Å². The quantitative estimate of drug-likeness (QED) is 0.221. The third-order valence-electron chi connectivity index (χ3n) is 9.58. The van der Waals surface area contributed by atoms with Crippen LogP contribution in [0.2, 0.25) is 0 Å². The zero-order chi connectivity index (χ0) is 28.6. The van der Waals surface area contributed by atoms with E-state index >= 15 is 4.39 Å². The van der Waals surface area contributed by atoms with E-state index in [1.807, 2.05) is 6.07 Å². The summed E-state index contributed by atoms with van der Waals surface area (Å²) >= 11 is 0. The van der Waals surface area contributed by atoms with Gasteiger partial charge >= 0.3 is 0 Å². The minimum absolute atomic E-state index is 0.102. The molecule has 3 aromatic carbocycles. The second-order valence-electron chi connectivity index (χ2n) is 12.0. The van der Waals surface area contributed by atoms with Gasteiger partial charge in [-0.15, -0.1) is 0 Å². The van der Waals surface area contributed by atoms with E-state index in [9.17, 15) is 0 Å². The minimum atomic E-state index is -0.102. The Morgan fingerprint density at radius 2 is 1.38 bits per heavy atom. The Morgan fingerprint density at radius 3 is 1.93 bits per heavy atom. The molecule has 1 aliphatic carbocycles. The van der Waals surface area contributed by atoms with Gasteiger partial charge in [-0.2, -0.15) is 0 Å². The van der Waals surface area contributed by atoms with Crippen LogP contribution >= 0.6 is 0 Å². The smallest absolute Gasteiger partial charge is 0.131 e. The van der Waals surface area contributed by atoms with Crippen LogP contribution in [-0.4, -0.2) is 6.61 Å². The molecule has 216 valence electrons. The van der Waals surface area contributed by atoms with Crippen molar-refractivity contribution in [3.05, 3.63) is 76.6 Å². The minimum Gasteiger partial charge on any atom is -0.493 e. The van der Waals surface area contributed by atoms with Crippen LogP contribution in [0.25, 0.3) is 22.3 Å². The summed E-state index contributed by atoms with van der Waals surface area (Å²) in [6, 6.07) is 16.8. The second-order valence-corrected chi connectivity index (χ2v) is 12.0. The molecule has 0 aliphatic heterocycles. The van der Waals surface area contributed by atoms with Crippen molar-refractivity contribution in [2.45, 2.75) is 112 Å².